The lowest BCUT2D eigenvalue weighted by Gasteiger charge is -2.30. The van der Waals surface area contributed by atoms with Gasteiger partial charge in [-0.05, 0) is 32.4 Å². The summed E-state index contributed by atoms with van der Waals surface area (Å²) in [6, 6.07) is 1.92. The van der Waals surface area contributed by atoms with E-state index in [1.165, 1.54) is 0 Å². The van der Waals surface area contributed by atoms with E-state index in [2.05, 4.69) is 23.8 Å². The maximum absolute atomic E-state index is 5.89. The van der Waals surface area contributed by atoms with E-state index >= 15 is 0 Å². The standard InChI is InChI=1S/C13H23N3O/c1-4-13(5-2,17-6-3)12-15-10-8-11(16-12)7-9-14/h8,10H,4-7,9,14H2,1-3H3. The summed E-state index contributed by atoms with van der Waals surface area (Å²) in [5.74, 6) is 0.787. The van der Waals surface area contributed by atoms with Crippen molar-refractivity contribution in [3.8, 4) is 0 Å². The van der Waals surface area contributed by atoms with Crippen molar-refractivity contribution in [1.29, 1.82) is 0 Å². The number of nitrogens with zero attached hydrogens (tertiary/aromatic N) is 2. The largest absolute Gasteiger partial charge is 0.367 e. The van der Waals surface area contributed by atoms with E-state index in [0.29, 0.717) is 13.2 Å². The number of aromatic nitrogens is 2. The van der Waals surface area contributed by atoms with Gasteiger partial charge in [-0.2, -0.15) is 0 Å². The fourth-order valence-corrected chi connectivity index (χ4v) is 2.01. The zero-order valence-electron chi connectivity index (χ0n) is 11.1. The Kier molecular flexibility index (Phi) is 5.51. The van der Waals surface area contributed by atoms with Gasteiger partial charge in [-0.25, -0.2) is 9.97 Å². The highest BCUT2D eigenvalue weighted by Crippen LogP contribution is 2.30. The molecule has 1 rings (SSSR count). The zero-order valence-corrected chi connectivity index (χ0v) is 11.1. The Hall–Kier alpha value is -1.00. The number of hydrogen-bond acceptors (Lipinski definition) is 4. The lowest BCUT2D eigenvalue weighted by molar-refractivity contribution is -0.0573. The van der Waals surface area contributed by atoms with E-state index in [1.807, 2.05) is 13.0 Å². The number of hydrogen-bond donors (Lipinski definition) is 1. The average molecular weight is 237 g/mol. The Morgan fingerprint density at radius 1 is 1.29 bits per heavy atom. The van der Waals surface area contributed by atoms with Crippen LogP contribution < -0.4 is 5.73 Å². The van der Waals surface area contributed by atoms with Crippen LogP contribution in [0.4, 0.5) is 0 Å². The van der Waals surface area contributed by atoms with Gasteiger partial charge < -0.3 is 10.5 Å². The van der Waals surface area contributed by atoms with Gasteiger partial charge in [0.25, 0.3) is 0 Å². The third kappa shape index (κ3) is 3.23. The Morgan fingerprint density at radius 2 is 2.00 bits per heavy atom. The Balaban J connectivity index is 3.04. The molecule has 0 aliphatic carbocycles. The van der Waals surface area contributed by atoms with Crippen molar-refractivity contribution >= 4 is 0 Å². The van der Waals surface area contributed by atoms with Crippen LogP contribution in [0.15, 0.2) is 12.3 Å². The molecule has 1 heterocycles. The first-order valence-electron chi connectivity index (χ1n) is 6.38. The van der Waals surface area contributed by atoms with Crippen molar-refractivity contribution in [1.82, 2.24) is 9.97 Å². The second-order valence-electron chi connectivity index (χ2n) is 4.04. The summed E-state index contributed by atoms with van der Waals surface area (Å²) in [7, 11) is 0. The Labute approximate surface area is 104 Å². The molecular formula is C13H23N3O. The summed E-state index contributed by atoms with van der Waals surface area (Å²) >= 11 is 0. The minimum absolute atomic E-state index is 0.348. The third-order valence-corrected chi connectivity index (χ3v) is 3.08. The molecule has 4 nitrogen and oxygen atoms in total. The molecular weight excluding hydrogens is 214 g/mol. The molecule has 0 saturated heterocycles. The molecule has 0 saturated carbocycles. The summed E-state index contributed by atoms with van der Waals surface area (Å²) in [6.45, 7) is 7.50. The first kappa shape index (κ1) is 14.1. The van der Waals surface area contributed by atoms with Crippen LogP contribution in [-0.4, -0.2) is 23.1 Å². The molecule has 0 aliphatic heterocycles. The van der Waals surface area contributed by atoms with Gasteiger partial charge in [0.2, 0.25) is 0 Å². The molecule has 0 spiro atoms. The maximum atomic E-state index is 5.89. The predicted octanol–water partition coefficient (Wildman–Crippen LogP) is 2.03. The second-order valence-corrected chi connectivity index (χ2v) is 4.04. The van der Waals surface area contributed by atoms with E-state index in [4.69, 9.17) is 10.5 Å². The van der Waals surface area contributed by atoms with Gasteiger partial charge in [-0.3, -0.25) is 0 Å². The quantitative estimate of drug-likeness (QED) is 0.788. The molecule has 0 bridgehead atoms. The van der Waals surface area contributed by atoms with E-state index in [-0.39, 0.29) is 5.60 Å². The first-order valence-corrected chi connectivity index (χ1v) is 6.38. The van der Waals surface area contributed by atoms with Crippen molar-refractivity contribution in [2.45, 2.75) is 45.6 Å². The van der Waals surface area contributed by atoms with Crippen molar-refractivity contribution in [3.63, 3.8) is 0 Å². The molecule has 4 heteroatoms. The van der Waals surface area contributed by atoms with Gasteiger partial charge in [0.1, 0.15) is 5.60 Å². The van der Waals surface area contributed by atoms with Gasteiger partial charge in [0.05, 0.1) is 0 Å². The molecule has 2 N–H and O–H groups in total. The highest BCUT2D eigenvalue weighted by atomic mass is 16.5. The van der Waals surface area contributed by atoms with Crippen LogP contribution in [0.2, 0.25) is 0 Å². The maximum Gasteiger partial charge on any atom is 0.160 e. The summed E-state index contributed by atoms with van der Waals surface area (Å²) in [4.78, 5) is 8.96. The fourth-order valence-electron chi connectivity index (χ4n) is 2.01. The Morgan fingerprint density at radius 3 is 2.53 bits per heavy atom. The molecule has 0 radical (unpaired) electrons. The summed E-state index contributed by atoms with van der Waals surface area (Å²) in [5, 5.41) is 0. The SMILES string of the molecule is CCOC(CC)(CC)c1nccc(CCN)n1. The van der Waals surface area contributed by atoms with E-state index in [1.54, 1.807) is 6.20 Å². The van der Waals surface area contributed by atoms with Gasteiger partial charge >= 0.3 is 0 Å². The molecule has 0 fully saturated rings. The van der Waals surface area contributed by atoms with Crippen LogP contribution in [0.5, 0.6) is 0 Å². The van der Waals surface area contributed by atoms with Crippen LogP contribution in [-0.2, 0) is 16.8 Å². The van der Waals surface area contributed by atoms with Gasteiger partial charge in [-0.15, -0.1) is 0 Å². The lowest BCUT2D eigenvalue weighted by Crippen LogP contribution is -2.31. The number of rotatable bonds is 7. The monoisotopic (exact) mass is 237 g/mol. The topological polar surface area (TPSA) is 61.0 Å². The number of nitrogens with two attached hydrogens (primary N) is 1. The van der Waals surface area contributed by atoms with E-state index < -0.39 is 0 Å². The van der Waals surface area contributed by atoms with Gasteiger partial charge in [-0.1, -0.05) is 13.8 Å². The molecule has 0 aromatic carbocycles. The molecule has 96 valence electrons. The lowest BCUT2D eigenvalue weighted by atomic mass is 9.95. The van der Waals surface area contributed by atoms with Crippen molar-refractivity contribution in [3.05, 3.63) is 23.8 Å². The van der Waals surface area contributed by atoms with E-state index in [0.717, 1.165) is 30.8 Å². The number of ether oxygens (including phenoxy) is 1. The average Bonchev–Trinajstić information content (AvgIpc) is 2.37. The van der Waals surface area contributed by atoms with Crippen LogP contribution >= 0.6 is 0 Å². The molecule has 0 amide bonds. The van der Waals surface area contributed by atoms with Gasteiger partial charge in [0.15, 0.2) is 5.82 Å². The summed E-state index contributed by atoms with van der Waals surface area (Å²) < 4.78 is 5.89. The van der Waals surface area contributed by atoms with E-state index in [9.17, 15) is 0 Å². The van der Waals surface area contributed by atoms with Crippen molar-refractivity contribution in [2.75, 3.05) is 13.2 Å². The third-order valence-electron chi connectivity index (χ3n) is 3.08. The van der Waals surface area contributed by atoms with Crippen LogP contribution in [0, 0.1) is 0 Å². The first-order chi connectivity index (χ1) is 8.22. The minimum atomic E-state index is -0.348. The second kappa shape index (κ2) is 6.67. The molecule has 1 aromatic rings. The van der Waals surface area contributed by atoms with Crippen LogP contribution in [0.25, 0.3) is 0 Å². The molecule has 0 atom stereocenters. The normalized spacial score (nSPS) is 11.8. The summed E-state index contributed by atoms with van der Waals surface area (Å²) in [6.07, 6.45) is 4.34. The minimum Gasteiger partial charge on any atom is -0.367 e. The summed E-state index contributed by atoms with van der Waals surface area (Å²) in [5.41, 5.74) is 6.19. The smallest absolute Gasteiger partial charge is 0.160 e. The van der Waals surface area contributed by atoms with Crippen molar-refractivity contribution < 1.29 is 4.74 Å². The molecule has 0 unspecified atom stereocenters. The fraction of sp³-hybridized carbons (Fsp3) is 0.692. The molecule has 1 aromatic heterocycles. The predicted molar refractivity (Wildman–Crippen MR) is 68.7 cm³/mol. The highest BCUT2D eigenvalue weighted by Gasteiger charge is 2.32. The van der Waals surface area contributed by atoms with Crippen LogP contribution in [0.3, 0.4) is 0 Å². The Bertz CT molecular complexity index is 337. The zero-order chi connectivity index (χ0) is 12.7. The van der Waals surface area contributed by atoms with Crippen molar-refractivity contribution in [2.24, 2.45) is 5.73 Å². The van der Waals surface area contributed by atoms with Gasteiger partial charge in [0, 0.05) is 24.9 Å². The molecule has 0 aliphatic rings. The van der Waals surface area contributed by atoms with Crippen LogP contribution in [0.1, 0.15) is 45.1 Å². The highest BCUT2D eigenvalue weighted by molar-refractivity contribution is 5.09. The molecule has 17 heavy (non-hydrogen) atoms.